The molecule has 0 aromatic heterocycles. The average molecular weight is 1540 g/mol. The van der Waals surface area contributed by atoms with Gasteiger partial charge in [-0.2, -0.15) is 23.5 Å². The van der Waals surface area contributed by atoms with Crippen molar-refractivity contribution < 1.29 is 202 Å². The van der Waals surface area contributed by atoms with Crippen LogP contribution in [0.1, 0.15) is 26.2 Å². The minimum atomic E-state index is -2.31. The summed E-state index contributed by atoms with van der Waals surface area (Å²) in [5.41, 5.74) is 0. The van der Waals surface area contributed by atoms with E-state index in [4.69, 9.17) is 75.8 Å². The number of rotatable bonds is 27. The highest BCUT2D eigenvalue weighted by Gasteiger charge is 2.60. The van der Waals surface area contributed by atoms with Crippen LogP contribution in [0.3, 0.4) is 0 Å². The fourth-order valence-corrected chi connectivity index (χ4v) is 15.0. The van der Waals surface area contributed by atoms with E-state index in [9.17, 15) is 126 Å². The summed E-state index contributed by atoms with van der Waals surface area (Å²) >= 11 is 1.66. The van der Waals surface area contributed by atoms with Gasteiger partial charge >= 0.3 is 11.9 Å². The third kappa shape index (κ3) is 21.0. The zero-order valence-corrected chi connectivity index (χ0v) is 57.2. The zero-order valence-electron chi connectivity index (χ0n) is 55.5. The van der Waals surface area contributed by atoms with Crippen LogP contribution in [0.15, 0.2) is 0 Å². The number of aliphatic hydroxyl groups is 19. The van der Waals surface area contributed by atoms with Crippen molar-refractivity contribution in [3.05, 3.63) is 0 Å². The topological polar surface area (TPSA) is 653 Å². The van der Waals surface area contributed by atoms with Crippen molar-refractivity contribution in [1.82, 2.24) is 5.32 Å². The molecule has 0 spiro atoms. The quantitative estimate of drug-likeness (QED) is 0.0340. The van der Waals surface area contributed by atoms with E-state index < -0.39 is 290 Å². The summed E-state index contributed by atoms with van der Waals surface area (Å²) in [5, 5.41) is 239. The first-order chi connectivity index (χ1) is 49.0. The second-order valence-corrected chi connectivity index (χ2v) is 27.9. The molecule has 21 saturated heterocycles. The SMILES string of the molecule is CN[C@H](CSCC1O[C@@H]2O[C@H]3C(CO)O[C@@H](O[C@H]4C(CO)O[C@@H](O[C@H]5C(CO)O[C@@H](O[C@H]6C(CSCC(CC(=O)CCOCCOCCC(C)=O)C(=O)O)O[C@@H](O[C@H]7C(CO)O[C@H](O[C@H]8C(CO)O[C@H](O[C@@H]1[C@H](O)C2O)C(O)[C@H]8O)C(O)[C@H]7O)C(O)[C@H]6O)C(O)[C@H]5O)C(O)[C@H]4O)C(O)[C@H]3O)C(=O)O. The lowest BCUT2D eigenvalue weighted by molar-refractivity contribution is -0.395. The van der Waals surface area contributed by atoms with Gasteiger partial charge in [0, 0.05) is 42.3 Å². The van der Waals surface area contributed by atoms with Crippen LogP contribution in [0.5, 0.6) is 0 Å². The van der Waals surface area contributed by atoms with E-state index in [1.54, 1.807) is 0 Å². The maximum absolute atomic E-state index is 13.0. The molecule has 37 atom stereocenters. The van der Waals surface area contributed by atoms with Crippen LogP contribution < -0.4 is 5.32 Å². The third-order valence-corrected chi connectivity index (χ3v) is 20.9. The number of hydrogen-bond donors (Lipinski definition) is 22. The van der Waals surface area contributed by atoms with Crippen molar-refractivity contribution in [2.24, 2.45) is 5.92 Å². The summed E-state index contributed by atoms with van der Waals surface area (Å²) in [6.07, 6.45) is -73.1. The van der Waals surface area contributed by atoms with Gasteiger partial charge in [0.05, 0.1) is 77.6 Å². The van der Waals surface area contributed by atoms with Crippen molar-refractivity contribution >= 4 is 47.0 Å². The first-order valence-electron chi connectivity index (χ1n) is 33.2. The molecule has 21 fully saturated rings. The Kier molecular flexibility index (Phi) is 33.4. The minimum absolute atomic E-state index is 0.0645. The van der Waals surface area contributed by atoms with Gasteiger partial charge in [-0.3, -0.25) is 19.2 Å². The van der Waals surface area contributed by atoms with Gasteiger partial charge in [-0.15, -0.1) is 0 Å². The molecule has 0 saturated carbocycles. The van der Waals surface area contributed by atoms with Gasteiger partial charge in [-0.05, 0) is 14.0 Å². The summed E-state index contributed by atoms with van der Waals surface area (Å²) < 4.78 is 93.3. The summed E-state index contributed by atoms with van der Waals surface area (Å²) in [7, 11) is 1.35. The number of carboxylic acids is 2. The Morgan fingerprint density at radius 2 is 0.602 bits per heavy atom. The summed E-state index contributed by atoms with van der Waals surface area (Å²) in [6.45, 7) is -3.91. The number of aliphatic carboxylic acids is 2. The Labute approximate surface area is 595 Å². The number of thioether (sulfide) groups is 2. The molecule has 0 radical (unpaired) electrons. The van der Waals surface area contributed by atoms with E-state index in [1.807, 2.05) is 0 Å². The Balaban J connectivity index is 1.08. The van der Waals surface area contributed by atoms with E-state index >= 15 is 0 Å². The Bertz CT molecular complexity index is 2610. The van der Waals surface area contributed by atoms with Crippen LogP contribution in [0.25, 0.3) is 0 Å². The molecule has 0 amide bonds. The number of Topliss-reactive ketones (excluding diaryl/α,β-unsaturated/α-hetero) is 2. The molecule has 0 aliphatic carbocycles. The largest absolute Gasteiger partial charge is 0.481 e. The fraction of sp³-hybridized carbons (Fsp3) is 0.932. The molecule has 14 bridgehead atoms. The third-order valence-electron chi connectivity index (χ3n) is 18.6. The molecule has 596 valence electrons. The van der Waals surface area contributed by atoms with Crippen molar-refractivity contribution in [1.29, 1.82) is 0 Å². The summed E-state index contributed by atoms with van der Waals surface area (Å²) in [4.78, 5) is 48.7. The van der Waals surface area contributed by atoms with Gasteiger partial charge in [0.25, 0.3) is 0 Å². The Morgan fingerprint density at radius 3 is 0.845 bits per heavy atom. The molecule has 0 aromatic rings. The maximum Gasteiger partial charge on any atom is 0.321 e. The predicted molar refractivity (Wildman–Crippen MR) is 332 cm³/mol. The number of carbonyl (C=O) groups is 4. The van der Waals surface area contributed by atoms with Gasteiger partial charge < -0.3 is 188 Å². The van der Waals surface area contributed by atoms with Gasteiger partial charge in [0.15, 0.2) is 44.0 Å². The highest BCUT2D eigenvalue weighted by Crippen LogP contribution is 2.40. The molecule has 42 nitrogen and oxygen atoms in total. The van der Waals surface area contributed by atoms with Crippen molar-refractivity contribution in [3.63, 3.8) is 0 Å². The maximum atomic E-state index is 13.0. The van der Waals surface area contributed by atoms with Crippen molar-refractivity contribution in [3.8, 4) is 0 Å². The zero-order chi connectivity index (χ0) is 75.4. The number of aliphatic hydroxyl groups excluding tert-OH is 19. The second kappa shape index (κ2) is 40.0. The smallest absolute Gasteiger partial charge is 0.321 e. The molecule has 15 unspecified atom stereocenters. The van der Waals surface area contributed by atoms with Crippen LogP contribution in [-0.2, 0) is 95.0 Å². The molecule has 21 rings (SSSR count). The van der Waals surface area contributed by atoms with E-state index in [0.717, 1.165) is 23.5 Å². The van der Waals surface area contributed by atoms with Crippen LogP contribution >= 0.6 is 23.5 Å². The van der Waals surface area contributed by atoms with E-state index in [1.165, 1.54) is 14.0 Å². The first-order valence-corrected chi connectivity index (χ1v) is 35.5. The van der Waals surface area contributed by atoms with Crippen molar-refractivity contribution in [2.75, 3.05) is 89.5 Å². The highest BCUT2D eigenvalue weighted by atomic mass is 32.2. The van der Waals surface area contributed by atoms with Gasteiger partial charge in [-0.25, -0.2) is 0 Å². The van der Waals surface area contributed by atoms with Gasteiger partial charge in [-0.1, -0.05) is 0 Å². The van der Waals surface area contributed by atoms with E-state index in [-0.39, 0.29) is 62.3 Å². The standard InChI is InChI=1S/C59H97NO41S2/c1-19(66)3-5-86-7-8-87-6-4-21(67)9-20(51(82)83)15-102-17-28-49-35(73)42(80)58(93-28)98-47-26(13-64)89-55(38(76)31(47)69)97-46-25(12-63)92-57(41(79)34(46)72)101-50-29(18-103-16-22(60-2)52(84)85)94-59(43(81)36(50)74)99-48-27(14-65)90-54(39(77)32(48)70)95-44-23(10-61)88-53(37(75)30(44)68)96-45-24(11-62)91-56(100-49)40(78)33(45)71/h20,22-50,53-65,68-81H,3-18H2,1-2H3,(H,82,83)(H,84,85)/t20?,22-,23?,24?,25?,26?,27?,28?,29?,30-,31-,32-,33-,34-,35-,36-,37?,38?,39?,40?,41?,42?,43?,44+,45+,46+,47+,48+,49+,50+,53+,54+,55-,56+,57-,58+,59-/m1/s1. The van der Waals surface area contributed by atoms with Crippen LogP contribution in [0.4, 0.5) is 0 Å². The van der Waals surface area contributed by atoms with E-state index in [2.05, 4.69) is 5.32 Å². The normalized spacial score (nSPS) is 44.9. The number of ether oxygens (including phenoxy) is 16. The molecule has 21 heterocycles. The number of likely N-dealkylation sites (N-methyl/N-ethyl adjacent to an activating group) is 1. The van der Waals surface area contributed by atoms with Crippen LogP contribution in [0, 0.1) is 5.92 Å². The Hall–Kier alpha value is -2.46. The molecule has 21 aliphatic rings. The monoisotopic (exact) mass is 1540 g/mol. The minimum Gasteiger partial charge on any atom is -0.481 e. The summed E-state index contributed by atoms with van der Waals surface area (Å²) in [6, 6.07) is -1.18. The van der Waals surface area contributed by atoms with Crippen LogP contribution in [-0.4, -0.2) is 441 Å². The molecular weight excluding hydrogens is 1440 g/mol. The fourth-order valence-electron chi connectivity index (χ4n) is 12.6. The lowest BCUT2D eigenvalue weighted by Gasteiger charge is -2.50. The molecule has 0 aromatic carbocycles. The first kappa shape index (κ1) is 86.1. The number of nitrogens with one attached hydrogen (secondary N) is 1. The molecule has 103 heavy (non-hydrogen) atoms. The predicted octanol–water partition coefficient (Wildman–Crippen LogP) is -13.0. The van der Waals surface area contributed by atoms with Gasteiger partial charge in [0.2, 0.25) is 0 Å². The molecule has 22 N–H and O–H groups in total. The highest BCUT2D eigenvalue weighted by molar-refractivity contribution is 7.99. The number of hydrogen-bond acceptors (Lipinski definition) is 42. The Morgan fingerprint density at radius 1 is 0.350 bits per heavy atom. The lowest BCUT2D eigenvalue weighted by atomic mass is 9.95. The number of carbonyl (C=O) groups excluding carboxylic acids is 2. The summed E-state index contributed by atoms with van der Waals surface area (Å²) in [5.74, 6) is -6.08. The van der Waals surface area contributed by atoms with Gasteiger partial charge in [0.1, 0.15) is 176 Å². The lowest BCUT2D eigenvalue weighted by Crippen LogP contribution is -2.68. The van der Waals surface area contributed by atoms with Crippen LogP contribution in [0.2, 0.25) is 0 Å². The number of ketones is 2. The van der Waals surface area contributed by atoms with E-state index in [0.29, 0.717) is 0 Å². The molecular formula is C59H97NO41S2. The number of carboxylic acid groups (broad SMARTS) is 2. The van der Waals surface area contributed by atoms with Crippen molar-refractivity contribution in [2.45, 2.75) is 247 Å². The second-order valence-electron chi connectivity index (χ2n) is 25.7. The molecule has 21 aliphatic heterocycles. The molecule has 44 heteroatoms. The average Bonchev–Trinajstić information content (AvgIpc) is 0.785.